The summed E-state index contributed by atoms with van der Waals surface area (Å²) < 4.78 is 0. The van der Waals surface area contributed by atoms with Crippen LogP contribution in [0.3, 0.4) is 0 Å². The molecule has 4 heteroatoms. The van der Waals surface area contributed by atoms with Crippen molar-refractivity contribution in [3.05, 3.63) is 65.2 Å². The molecule has 0 radical (unpaired) electrons. The highest BCUT2D eigenvalue weighted by Gasteiger charge is 2.19. The smallest absolute Gasteiger partial charge is 0.248 e. The Morgan fingerprint density at radius 3 is 2.62 bits per heavy atom. The van der Waals surface area contributed by atoms with Crippen molar-refractivity contribution >= 4 is 23.4 Å². The largest absolute Gasteiger partial charge is 0.394 e. The molecule has 2 aromatic rings. The number of fused-ring (bicyclic) bond motifs is 1. The molecule has 1 aliphatic rings. The van der Waals surface area contributed by atoms with E-state index in [1.165, 1.54) is 5.56 Å². The molecule has 3 N–H and O–H groups in total. The number of carbonyl (C=O) groups is 1. The Kier molecular flexibility index (Phi) is 5.14. The molecule has 2 aromatic carbocycles. The Labute approximate surface area is 154 Å². The molecule has 1 atom stereocenters. The van der Waals surface area contributed by atoms with E-state index in [2.05, 4.69) is 43.5 Å². The van der Waals surface area contributed by atoms with E-state index in [0.29, 0.717) is 0 Å². The first-order valence-electron chi connectivity index (χ1n) is 8.95. The number of aliphatic hydroxyl groups excluding tert-OH is 1. The lowest BCUT2D eigenvalue weighted by atomic mass is 9.87. The fourth-order valence-corrected chi connectivity index (χ4v) is 3.08. The normalized spacial score (nSPS) is 16.4. The van der Waals surface area contributed by atoms with Gasteiger partial charge in [-0.3, -0.25) is 4.79 Å². The molecule has 26 heavy (non-hydrogen) atoms. The van der Waals surface area contributed by atoms with Crippen molar-refractivity contribution in [3.63, 3.8) is 0 Å². The van der Waals surface area contributed by atoms with Crippen LogP contribution in [0.5, 0.6) is 0 Å². The molecule has 4 nitrogen and oxygen atoms in total. The summed E-state index contributed by atoms with van der Waals surface area (Å²) in [5, 5.41) is 15.4. The molecular weight excluding hydrogens is 324 g/mol. The monoisotopic (exact) mass is 350 g/mol. The van der Waals surface area contributed by atoms with Gasteiger partial charge in [-0.1, -0.05) is 45.0 Å². The van der Waals surface area contributed by atoms with Crippen molar-refractivity contribution in [2.75, 3.05) is 17.2 Å². The second kappa shape index (κ2) is 7.34. The molecule has 1 heterocycles. The van der Waals surface area contributed by atoms with Crippen LogP contribution >= 0.6 is 0 Å². The van der Waals surface area contributed by atoms with Crippen molar-refractivity contribution in [2.24, 2.45) is 0 Å². The first kappa shape index (κ1) is 18.2. The first-order chi connectivity index (χ1) is 12.3. The third-order valence-electron chi connectivity index (χ3n) is 4.62. The standard InChI is InChI=1S/C22H26N2O2/c1-22(2,3)17-7-4-15(5-8-17)6-11-21(26)24-18-9-10-20-16(12-18)13-19(14-25)23-20/h4-12,19,23,25H,13-14H2,1-3H3,(H,24,26). The third kappa shape index (κ3) is 4.33. The van der Waals surface area contributed by atoms with E-state index < -0.39 is 0 Å². The summed E-state index contributed by atoms with van der Waals surface area (Å²) in [6, 6.07) is 14.1. The van der Waals surface area contributed by atoms with E-state index in [1.807, 2.05) is 36.4 Å². The molecule has 3 rings (SSSR count). The Hall–Kier alpha value is -2.59. The molecule has 0 saturated carbocycles. The van der Waals surface area contributed by atoms with Crippen molar-refractivity contribution in [3.8, 4) is 0 Å². The maximum Gasteiger partial charge on any atom is 0.248 e. The summed E-state index contributed by atoms with van der Waals surface area (Å²) in [6.45, 7) is 6.65. The molecule has 0 aromatic heterocycles. The van der Waals surface area contributed by atoms with Gasteiger partial charge in [-0.05, 0) is 52.8 Å². The molecule has 136 valence electrons. The predicted molar refractivity (Wildman–Crippen MR) is 107 cm³/mol. The number of rotatable bonds is 4. The van der Waals surface area contributed by atoms with Crippen LogP contribution in [0.1, 0.15) is 37.5 Å². The van der Waals surface area contributed by atoms with Crippen LogP contribution in [0.25, 0.3) is 6.08 Å². The fourth-order valence-electron chi connectivity index (χ4n) is 3.08. The first-order valence-corrected chi connectivity index (χ1v) is 8.95. The summed E-state index contributed by atoms with van der Waals surface area (Å²) in [7, 11) is 0. The van der Waals surface area contributed by atoms with Gasteiger partial charge in [-0.25, -0.2) is 0 Å². The molecule has 0 bridgehead atoms. The lowest BCUT2D eigenvalue weighted by Gasteiger charge is -2.18. The van der Waals surface area contributed by atoms with Gasteiger partial charge < -0.3 is 15.7 Å². The zero-order valence-corrected chi connectivity index (χ0v) is 15.5. The van der Waals surface area contributed by atoms with Gasteiger partial charge >= 0.3 is 0 Å². The van der Waals surface area contributed by atoms with Gasteiger partial charge in [0.05, 0.1) is 12.6 Å². The van der Waals surface area contributed by atoms with E-state index in [-0.39, 0.29) is 24.0 Å². The highest BCUT2D eigenvalue weighted by Crippen LogP contribution is 2.28. The summed E-state index contributed by atoms with van der Waals surface area (Å²) in [6.07, 6.45) is 4.14. The Morgan fingerprint density at radius 2 is 1.96 bits per heavy atom. The van der Waals surface area contributed by atoms with E-state index in [1.54, 1.807) is 6.08 Å². The Morgan fingerprint density at radius 1 is 1.23 bits per heavy atom. The van der Waals surface area contributed by atoms with Crippen LogP contribution in [0.4, 0.5) is 11.4 Å². The number of carbonyl (C=O) groups excluding carboxylic acids is 1. The molecule has 1 unspecified atom stereocenters. The molecule has 1 aliphatic heterocycles. The highest BCUT2D eigenvalue weighted by molar-refractivity contribution is 6.02. The van der Waals surface area contributed by atoms with Crippen molar-refractivity contribution in [2.45, 2.75) is 38.6 Å². The SMILES string of the molecule is CC(C)(C)c1ccc(C=CC(=O)Nc2ccc3c(c2)CC(CO)N3)cc1. The quantitative estimate of drug-likeness (QED) is 0.731. The van der Waals surface area contributed by atoms with E-state index in [4.69, 9.17) is 0 Å². The molecule has 0 saturated heterocycles. The van der Waals surface area contributed by atoms with Crippen molar-refractivity contribution in [1.29, 1.82) is 0 Å². The van der Waals surface area contributed by atoms with Crippen LogP contribution in [0, 0.1) is 0 Å². The second-order valence-electron chi connectivity index (χ2n) is 7.79. The lowest BCUT2D eigenvalue weighted by Crippen LogP contribution is -2.19. The van der Waals surface area contributed by atoms with Gasteiger partial charge in [0.2, 0.25) is 5.91 Å². The number of anilines is 2. The second-order valence-corrected chi connectivity index (χ2v) is 7.79. The zero-order chi connectivity index (χ0) is 18.7. The number of hydrogen-bond acceptors (Lipinski definition) is 3. The average Bonchev–Trinajstić information content (AvgIpc) is 3.02. The third-order valence-corrected chi connectivity index (χ3v) is 4.62. The van der Waals surface area contributed by atoms with Gasteiger partial charge in [-0.15, -0.1) is 0 Å². The summed E-state index contributed by atoms with van der Waals surface area (Å²) in [5.74, 6) is -0.158. The minimum Gasteiger partial charge on any atom is -0.394 e. The van der Waals surface area contributed by atoms with Gasteiger partial charge in [-0.2, -0.15) is 0 Å². The topological polar surface area (TPSA) is 61.4 Å². The van der Waals surface area contributed by atoms with E-state index in [9.17, 15) is 9.90 Å². The van der Waals surface area contributed by atoms with Crippen molar-refractivity contribution < 1.29 is 9.90 Å². The predicted octanol–water partition coefficient (Wildman–Crippen LogP) is 3.96. The number of hydrogen-bond donors (Lipinski definition) is 3. The van der Waals surface area contributed by atoms with E-state index in [0.717, 1.165) is 28.9 Å². The van der Waals surface area contributed by atoms with Crippen LogP contribution in [0.2, 0.25) is 0 Å². The van der Waals surface area contributed by atoms with Gasteiger partial charge in [0, 0.05) is 17.5 Å². The van der Waals surface area contributed by atoms with Crippen LogP contribution < -0.4 is 10.6 Å². The summed E-state index contributed by atoms with van der Waals surface area (Å²) in [4.78, 5) is 12.2. The van der Waals surface area contributed by atoms with Gasteiger partial charge in [0.15, 0.2) is 0 Å². The van der Waals surface area contributed by atoms with Crippen LogP contribution in [0.15, 0.2) is 48.5 Å². The van der Waals surface area contributed by atoms with Gasteiger partial charge in [0.1, 0.15) is 0 Å². The number of nitrogens with one attached hydrogen (secondary N) is 2. The summed E-state index contributed by atoms with van der Waals surface area (Å²) >= 11 is 0. The molecule has 1 amide bonds. The molecule has 0 spiro atoms. The highest BCUT2D eigenvalue weighted by atomic mass is 16.3. The van der Waals surface area contributed by atoms with Crippen LogP contribution in [-0.4, -0.2) is 23.7 Å². The van der Waals surface area contributed by atoms with Crippen molar-refractivity contribution in [1.82, 2.24) is 0 Å². The zero-order valence-electron chi connectivity index (χ0n) is 15.5. The lowest BCUT2D eigenvalue weighted by molar-refractivity contribution is -0.111. The number of amides is 1. The van der Waals surface area contributed by atoms with E-state index >= 15 is 0 Å². The molecule has 0 fully saturated rings. The minimum absolute atomic E-state index is 0.0620. The summed E-state index contributed by atoms with van der Waals surface area (Å²) in [5.41, 5.74) is 5.29. The number of aliphatic hydroxyl groups is 1. The maximum atomic E-state index is 12.2. The fraction of sp³-hybridized carbons (Fsp3) is 0.318. The number of benzene rings is 2. The molecular formula is C22H26N2O2. The van der Waals surface area contributed by atoms with Crippen LogP contribution in [-0.2, 0) is 16.6 Å². The Balaban J connectivity index is 1.62. The molecule has 0 aliphatic carbocycles. The maximum absolute atomic E-state index is 12.2. The average molecular weight is 350 g/mol. The Bertz CT molecular complexity index is 817. The minimum atomic E-state index is -0.158. The van der Waals surface area contributed by atoms with Gasteiger partial charge in [0.25, 0.3) is 0 Å².